The fourth-order valence-electron chi connectivity index (χ4n) is 1.73. The van der Waals surface area contributed by atoms with Crippen LogP contribution in [0.2, 0.25) is 5.15 Å². The highest BCUT2D eigenvalue weighted by Gasteiger charge is 2.15. The molecule has 0 aliphatic heterocycles. The van der Waals surface area contributed by atoms with Crippen LogP contribution in [0.3, 0.4) is 0 Å². The van der Waals surface area contributed by atoms with E-state index in [9.17, 15) is 9.59 Å². The smallest absolute Gasteiger partial charge is 0.297 e. The molecule has 0 spiro atoms. The van der Waals surface area contributed by atoms with Gasteiger partial charge in [-0.2, -0.15) is 0 Å². The highest BCUT2D eigenvalue weighted by atomic mass is 79.9. The van der Waals surface area contributed by atoms with Crippen LogP contribution in [-0.4, -0.2) is 9.55 Å². The molecule has 6 heteroatoms. The van der Waals surface area contributed by atoms with Crippen LogP contribution in [0.1, 0.15) is 6.92 Å². The summed E-state index contributed by atoms with van der Waals surface area (Å²) in [4.78, 5) is 26.3. The Morgan fingerprint density at radius 1 is 1.33 bits per heavy atom. The summed E-state index contributed by atoms with van der Waals surface area (Å²) in [6.45, 7) is 2.02. The Balaban J connectivity index is 2.85. The summed E-state index contributed by atoms with van der Waals surface area (Å²) in [6, 6.07) is 7.22. The summed E-state index contributed by atoms with van der Waals surface area (Å²) < 4.78 is 1.86. The van der Waals surface area contributed by atoms with Crippen molar-refractivity contribution >= 4 is 27.5 Å². The molecule has 1 aromatic carbocycles. The molecule has 0 bridgehead atoms. The van der Waals surface area contributed by atoms with Crippen LogP contribution in [0.15, 0.2) is 38.3 Å². The van der Waals surface area contributed by atoms with E-state index < -0.39 is 11.2 Å². The van der Waals surface area contributed by atoms with E-state index in [-0.39, 0.29) is 5.15 Å². The molecule has 1 aromatic heterocycles. The molecule has 18 heavy (non-hydrogen) atoms. The van der Waals surface area contributed by atoms with Crippen LogP contribution in [-0.2, 0) is 6.54 Å². The predicted octanol–water partition coefficient (Wildman–Crippen LogP) is 2.64. The summed E-state index contributed by atoms with van der Waals surface area (Å²) >= 11 is 9.35. The summed E-state index contributed by atoms with van der Waals surface area (Å²) in [6.07, 6.45) is 0. The fraction of sp³-hybridized carbons (Fsp3) is 0.167. The fourth-order valence-corrected chi connectivity index (χ4v) is 2.48. The van der Waals surface area contributed by atoms with Crippen LogP contribution in [0.5, 0.6) is 0 Å². The maximum Gasteiger partial charge on any atom is 0.329 e. The summed E-state index contributed by atoms with van der Waals surface area (Å²) in [5, 5.41) is 0.0570. The highest BCUT2D eigenvalue weighted by molar-refractivity contribution is 9.10. The quantitative estimate of drug-likeness (QED) is 0.861. The van der Waals surface area contributed by atoms with E-state index in [4.69, 9.17) is 11.6 Å². The van der Waals surface area contributed by atoms with E-state index in [0.717, 1.165) is 9.04 Å². The second-order valence-electron chi connectivity index (χ2n) is 3.65. The maximum atomic E-state index is 12.2. The molecule has 0 saturated carbocycles. The van der Waals surface area contributed by atoms with Gasteiger partial charge in [0.05, 0.1) is 5.56 Å². The van der Waals surface area contributed by atoms with Crippen LogP contribution in [0.4, 0.5) is 0 Å². The average Bonchev–Trinajstić information content (AvgIpc) is 2.31. The normalized spacial score (nSPS) is 10.6. The van der Waals surface area contributed by atoms with E-state index in [1.807, 2.05) is 12.1 Å². The van der Waals surface area contributed by atoms with Crippen molar-refractivity contribution in [1.29, 1.82) is 0 Å². The molecule has 0 amide bonds. The van der Waals surface area contributed by atoms with Crippen molar-refractivity contribution in [3.05, 3.63) is 54.7 Å². The number of H-pyrrole nitrogens is 1. The summed E-state index contributed by atoms with van der Waals surface area (Å²) in [7, 11) is 0. The molecule has 2 rings (SSSR count). The van der Waals surface area contributed by atoms with E-state index in [0.29, 0.717) is 17.7 Å². The molecular formula is C12H10BrClN2O2. The van der Waals surface area contributed by atoms with Crippen molar-refractivity contribution in [2.75, 3.05) is 0 Å². The Bertz CT molecular complexity index is 706. The maximum absolute atomic E-state index is 12.2. The molecule has 1 heterocycles. The summed E-state index contributed by atoms with van der Waals surface area (Å²) in [5.74, 6) is 0. The Morgan fingerprint density at radius 3 is 2.61 bits per heavy atom. The van der Waals surface area contributed by atoms with Gasteiger partial charge in [-0.1, -0.05) is 45.7 Å². The number of aromatic nitrogens is 2. The lowest BCUT2D eigenvalue weighted by Gasteiger charge is -2.08. The van der Waals surface area contributed by atoms with Gasteiger partial charge in [0.15, 0.2) is 0 Å². The first kappa shape index (κ1) is 13.1. The Morgan fingerprint density at radius 2 is 2.00 bits per heavy atom. The Hall–Kier alpha value is -1.33. The molecule has 0 aliphatic rings. The monoisotopic (exact) mass is 328 g/mol. The molecule has 0 aliphatic carbocycles. The largest absolute Gasteiger partial charge is 0.329 e. The third-order valence-electron chi connectivity index (χ3n) is 2.60. The van der Waals surface area contributed by atoms with Gasteiger partial charge in [0.25, 0.3) is 5.56 Å². The van der Waals surface area contributed by atoms with Gasteiger partial charge in [-0.15, -0.1) is 0 Å². The van der Waals surface area contributed by atoms with Crippen molar-refractivity contribution in [3.63, 3.8) is 0 Å². The van der Waals surface area contributed by atoms with Crippen LogP contribution in [0.25, 0.3) is 11.1 Å². The molecule has 0 radical (unpaired) electrons. The van der Waals surface area contributed by atoms with E-state index in [1.165, 1.54) is 0 Å². The summed E-state index contributed by atoms with van der Waals surface area (Å²) in [5.41, 5.74) is 0.0676. The van der Waals surface area contributed by atoms with E-state index in [1.54, 1.807) is 19.1 Å². The van der Waals surface area contributed by atoms with Gasteiger partial charge in [-0.3, -0.25) is 14.3 Å². The van der Waals surface area contributed by atoms with Gasteiger partial charge in [0.1, 0.15) is 5.15 Å². The number of halogens is 2. The zero-order valence-electron chi connectivity index (χ0n) is 9.54. The molecular weight excluding hydrogens is 320 g/mol. The molecule has 1 N–H and O–H groups in total. The number of aromatic amines is 1. The first-order chi connectivity index (χ1) is 8.56. The number of nitrogens with one attached hydrogen (secondary N) is 1. The number of benzene rings is 1. The molecule has 0 saturated heterocycles. The van der Waals surface area contributed by atoms with Gasteiger partial charge in [-0.25, -0.2) is 4.79 Å². The predicted molar refractivity (Wildman–Crippen MR) is 75.1 cm³/mol. The average molecular weight is 330 g/mol. The van der Waals surface area contributed by atoms with Crippen molar-refractivity contribution in [1.82, 2.24) is 9.55 Å². The minimum absolute atomic E-state index is 0.0570. The van der Waals surface area contributed by atoms with Crippen molar-refractivity contribution in [2.24, 2.45) is 0 Å². The zero-order chi connectivity index (χ0) is 13.3. The van der Waals surface area contributed by atoms with Gasteiger partial charge in [-0.05, 0) is 13.0 Å². The van der Waals surface area contributed by atoms with Gasteiger partial charge in [0.2, 0.25) is 0 Å². The van der Waals surface area contributed by atoms with Gasteiger partial charge >= 0.3 is 5.69 Å². The first-order valence-electron chi connectivity index (χ1n) is 5.33. The second kappa shape index (κ2) is 5.12. The number of rotatable bonds is 2. The minimum atomic E-state index is -0.497. The molecule has 0 unspecified atom stereocenters. The Labute approximate surface area is 116 Å². The topological polar surface area (TPSA) is 54.9 Å². The Kier molecular flexibility index (Phi) is 3.73. The van der Waals surface area contributed by atoms with E-state index >= 15 is 0 Å². The lowest BCUT2D eigenvalue weighted by atomic mass is 10.1. The molecule has 0 atom stereocenters. The van der Waals surface area contributed by atoms with Crippen LogP contribution < -0.4 is 11.2 Å². The highest BCUT2D eigenvalue weighted by Crippen LogP contribution is 2.28. The van der Waals surface area contributed by atoms with Gasteiger partial charge < -0.3 is 0 Å². The van der Waals surface area contributed by atoms with Crippen LogP contribution in [0, 0.1) is 0 Å². The lowest BCUT2D eigenvalue weighted by molar-refractivity contribution is 0.675. The number of hydrogen-bond donors (Lipinski definition) is 1. The minimum Gasteiger partial charge on any atom is -0.297 e. The lowest BCUT2D eigenvalue weighted by Crippen LogP contribution is -2.35. The standard InChI is InChI=1S/C12H10BrClN2O2/c1-2-16-11(17)9(10(14)15-12(16)18)7-5-3-4-6-8(7)13/h3-6H,2H2,1H3,(H,15,18). The third-order valence-corrected chi connectivity index (χ3v) is 3.57. The zero-order valence-corrected chi connectivity index (χ0v) is 11.9. The van der Waals surface area contributed by atoms with Crippen molar-refractivity contribution in [2.45, 2.75) is 13.5 Å². The van der Waals surface area contributed by atoms with Crippen molar-refractivity contribution < 1.29 is 0 Å². The SMILES string of the molecule is CCn1c(=O)[nH]c(Cl)c(-c2ccccc2Br)c1=O. The number of hydrogen-bond acceptors (Lipinski definition) is 2. The second-order valence-corrected chi connectivity index (χ2v) is 4.88. The van der Waals surface area contributed by atoms with Crippen molar-refractivity contribution in [3.8, 4) is 11.1 Å². The number of nitrogens with zero attached hydrogens (tertiary/aromatic N) is 1. The molecule has 2 aromatic rings. The molecule has 0 fully saturated rings. The first-order valence-corrected chi connectivity index (χ1v) is 6.51. The van der Waals surface area contributed by atoms with Gasteiger partial charge in [0, 0.05) is 16.6 Å². The third kappa shape index (κ3) is 2.15. The molecule has 4 nitrogen and oxygen atoms in total. The molecule has 94 valence electrons. The van der Waals surface area contributed by atoms with Crippen LogP contribution >= 0.6 is 27.5 Å². The van der Waals surface area contributed by atoms with E-state index in [2.05, 4.69) is 20.9 Å².